The molecule has 3 aromatic rings. The van der Waals surface area contributed by atoms with Gasteiger partial charge in [-0.3, -0.25) is 4.57 Å². The first-order valence-electron chi connectivity index (χ1n) is 8.60. The first-order chi connectivity index (χ1) is 12.7. The standard InChI is InChI=1S/C20H23N3O2S/c1-4-25-18-10-8-17(9-11-18)23-19(16-7-5-6-15(2)14-16)21-22-20(23)26-13-12-24-3/h5-11,14H,4,12-13H2,1-3H3. The number of thioether (sulfide) groups is 1. The van der Waals surface area contributed by atoms with Gasteiger partial charge in [-0.2, -0.15) is 0 Å². The number of benzene rings is 2. The molecule has 0 amide bonds. The quantitative estimate of drug-likeness (QED) is 0.436. The van der Waals surface area contributed by atoms with Crippen LogP contribution in [-0.4, -0.2) is 40.8 Å². The highest BCUT2D eigenvalue weighted by atomic mass is 32.2. The average Bonchev–Trinajstić information content (AvgIpc) is 3.07. The molecule has 0 spiro atoms. The second kappa shape index (κ2) is 8.87. The summed E-state index contributed by atoms with van der Waals surface area (Å²) < 4.78 is 12.8. The maximum atomic E-state index is 5.56. The van der Waals surface area contributed by atoms with Gasteiger partial charge in [-0.15, -0.1) is 10.2 Å². The monoisotopic (exact) mass is 369 g/mol. The summed E-state index contributed by atoms with van der Waals surface area (Å²) in [7, 11) is 1.70. The van der Waals surface area contributed by atoms with E-state index >= 15 is 0 Å². The molecule has 3 rings (SSSR count). The van der Waals surface area contributed by atoms with Gasteiger partial charge in [0.25, 0.3) is 0 Å². The predicted octanol–water partition coefficient (Wildman–Crippen LogP) is 4.38. The van der Waals surface area contributed by atoms with E-state index in [1.807, 2.05) is 37.3 Å². The summed E-state index contributed by atoms with van der Waals surface area (Å²) in [6.45, 7) is 5.38. The molecule has 0 aliphatic carbocycles. The van der Waals surface area contributed by atoms with Gasteiger partial charge in [0.15, 0.2) is 11.0 Å². The van der Waals surface area contributed by atoms with Crippen molar-refractivity contribution in [3.8, 4) is 22.8 Å². The number of aryl methyl sites for hydroxylation is 1. The van der Waals surface area contributed by atoms with Crippen LogP contribution in [-0.2, 0) is 4.74 Å². The predicted molar refractivity (Wildman–Crippen MR) is 105 cm³/mol. The summed E-state index contributed by atoms with van der Waals surface area (Å²) in [6.07, 6.45) is 0. The number of rotatable bonds is 8. The fraction of sp³-hybridized carbons (Fsp3) is 0.300. The van der Waals surface area contributed by atoms with Crippen LogP contribution in [0.2, 0.25) is 0 Å². The number of methoxy groups -OCH3 is 1. The Labute approximate surface area is 158 Å². The lowest BCUT2D eigenvalue weighted by Crippen LogP contribution is -2.01. The largest absolute Gasteiger partial charge is 0.494 e. The number of hydrogen-bond acceptors (Lipinski definition) is 5. The van der Waals surface area contributed by atoms with Gasteiger partial charge in [0.1, 0.15) is 5.75 Å². The van der Waals surface area contributed by atoms with Gasteiger partial charge in [-0.05, 0) is 44.2 Å². The van der Waals surface area contributed by atoms with Gasteiger partial charge in [0, 0.05) is 24.1 Å². The zero-order valence-electron chi connectivity index (χ0n) is 15.3. The minimum absolute atomic E-state index is 0.651. The van der Waals surface area contributed by atoms with Gasteiger partial charge >= 0.3 is 0 Å². The van der Waals surface area contributed by atoms with E-state index in [0.717, 1.165) is 33.7 Å². The lowest BCUT2D eigenvalue weighted by molar-refractivity contribution is 0.218. The van der Waals surface area contributed by atoms with E-state index in [0.29, 0.717) is 13.2 Å². The van der Waals surface area contributed by atoms with Crippen molar-refractivity contribution in [2.45, 2.75) is 19.0 Å². The Balaban J connectivity index is 2.02. The maximum Gasteiger partial charge on any atom is 0.196 e. The van der Waals surface area contributed by atoms with Crippen LogP contribution in [0.25, 0.3) is 17.1 Å². The van der Waals surface area contributed by atoms with Gasteiger partial charge in [-0.25, -0.2) is 0 Å². The van der Waals surface area contributed by atoms with E-state index in [-0.39, 0.29) is 0 Å². The van der Waals surface area contributed by atoms with Crippen LogP contribution < -0.4 is 4.74 Å². The zero-order valence-corrected chi connectivity index (χ0v) is 16.1. The second-order valence-corrected chi connectivity index (χ2v) is 6.84. The van der Waals surface area contributed by atoms with Gasteiger partial charge < -0.3 is 9.47 Å². The maximum absolute atomic E-state index is 5.56. The Hall–Kier alpha value is -2.31. The Bertz CT molecular complexity index is 847. The fourth-order valence-corrected chi connectivity index (χ4v) is 3.49. The molecule has 5 nitrogen and oxygen atoms in total. The van der Waals surface area contributed by atoms with Crippen LogP contribution >= 0.6 is 11.8 Å². The van der Waals surface area contributed by atoms with E-state index in [1.54, 1.807) is 18.9 Å². The van der Waals surface area contributed by atoms with Crippen LogP contribution in [0.3, 0.4) is 0 Å². The van der Waals surface area contributed by atoms with E-state index in [1.165, 1.54) is 5.56 Å². The lowest BCUT2D eigenvalue weighted by atomic mass is 10.1. The highest BCUT2D eigenvalue weighted by Gasteiger charge is 2.16. The van der Waals surface area contributed by atoms with Crippen molar-refractivity contribution >= 4 is 11.8 Å². The third-order valence-electron chi connectivity index (χ3n) is 3.83. The first-order valence-corrected chi connectivity index (χ1v) is 9.59. The molecule has 0 bridgehead atoms. The SMILES string of the molecule is CCOc1ccc(-n2c(SCCOC)nnc2-c2cccc(C)c2)cc1. The highest BCUT2D eigenvalue weighted by Crippen LogP contribution is 2.29. The summed E-state index contributed by atoms with van der Waals surface area (Å²) in [5, 5.41) is 9.73. The molecule has 1 aromatic heterocycles. The van der Waals surface area contributed by atoms with Gasteiger partial charge in [0.2, 0.25) is 0 Å². The fourth-order valence-electron chi connectivity index (χ4n) is 2.64. The Morgan fingerprint density at radius 1 is 1.08 bits per heavy atom. The summed E-state index contributed by atoms with van der Waals surface area (Å²) in [6, 6.07) is 16.3. The molecule has 1 heterocycles. The van der Waals surface area contributed by atoms with Crippen molar-refractivity contribution in [1.29, 1.82) is 0 Å². The zero-order chi connectivity index (χ0) is 18.4. The first kappa shape index (κ1) is 18.5. The topological polar surface area (TPSA) is 49.2 Å². The minimum Gasteiger partial charge on any atom is -0.494 e. The molecular weight excluding hydrogens is 346 g/mol. The minimum atomic E-state index is 0.651. The van der Waals surface area contributed by atoms with Crippen molar-refractivity contribution in [2.24, 2.45) is 0 Å². The molecule has 26 heavy (non-hydrogen) atoms. The third kappa shape index (κ3) is 4.26. The van der Waals surface area contributed by atoms with Crippen molar-refractivity contribution in [3.05, 3.63) is 54.1 Å². The molecule has 0 aliphatic rings. The van der Waals surface area contributed by atoms with Crippen molar-refractivity contribution < 1.29 is 9.47 Å². The molecule has 0 saturated heterocycles. The van der Waals surface area contributed by atoms with Crippen LogP contribution in [0.15, 0.2) is 53.7 Å². The van der Waals surface area contributed by atoms with E-state index in [9.17, 15) is 0 Å². The normalized spacial score (nSPS) is 10.9. The number of ether oxygens (including phenoxy) is 2. The number of nitrogens with zero attached hydrogens (tertiary/aromatic N) is 3. The van der Waals surface area contributed by atoms with E-state index < -0.39 is 0 Å². The summed E-state index contributed by atoms with van der Waals surface area (Å²) in [5.74, 6) is 2.51. The van der Waals surface area contributed by atoms with Crippen molar-refractivity contribution in [3.63, 3.8) is 0 Å². The van der Waals surface area contributed by atoms with Crippen LogP contribution in [0.5, 0.6) is 5.75 Å². The average molecular weight is 369 g/mol. The Morgan fingerprint density at radius 3 is 2.58 bits per heavy atom. The van der Waals surface area contributed by atoms with Crippen molar-refractivity contribution in [1.82, 2.24) is 14.8 Å². The molecule has 136 valence electrons. The summed E-state index contributed by atoms with van der Waals surface area (Å²) >= 11 is 1.63. The summed E-state index contributed by atoms with van der Waals surface area (Å²) in [5.41, 5.74) is 3.25. The molecule has 6 heteroatoms. The van der Waals surface area contributed by atoms with Crippen LogP contribution in [0, 0.1) is 6.92 Å². The molecule has 0 N–H and O–H groups in total. The lowest BCUT2D eigenvalue weighted by Gasteiger charge is -2.11. The number of aromatic nitrogens is 3. The highest BCUT2D eigenvalue weighted by molar-refractivity contribution is 7.99. The Kier molecular flexibility index (Phi) is 6.30. The molecular formula is C20H23N3O2S. The molecule has 0 atom stereocenters. The van der Waals surface area contributed by atoms with E-state index in [2.05, 4.69) is 39.9 Å². The molecule has 0 radical (unpaired) electrons. The van der Waals surface area contributed by atoms with Gasteiger partial charge in [-0.1, -0.05) is 35.5 Å². The second-order valence-electron chi connectivity index (χ2n) is 5.78. The molecule has 0 unspecified atom stereocenters. The molecule has 2 aromatic carbocycles. The third-order valence-corrected chi connectivity index (χ3v) is 4.73. The molecule has 0 saturated carbocycles. The van der Waals surface area contributed by atoms with Crippen LogP contribution in [0.1, 0.15) is 12.5 Å². The van der Waals surface area contributed by atoms with Gasteiger partial charge in [0.05, 0.1) is 13.2 Å². The van der Waals surface area contributed by atoms with Crippen molar-refractivity contribution in [2.75, 3.05) is 26.1 Å². The smallest absolute Gasteiger partial charge is 0.196 e. The summed E-state index contributed by atoms with van der Waals surface area (Å²) in [4.78, 5) is 0. The van der Waals surface area contributed by atoms with E-state index in [4.69, 9.17) is 9.47 Å². The van der Waals surface area contributed by atoms with Crippen LogP contribution in [0.4, 0.5) is 0 Å². The molecule has 0 aliphatic heterocycles. The number of hydrogen-bond donors (Lipinski definition) is 0. The molecule has 0 fully saturated rings. The Morgan fingerprint density at radius 2 is 1.88 bits per heavy atom.